The van der Waals surface area contributed by atoms with Crippen molar-refractivity contribution >= 4 is 22.6 Å². The molecule has 1 aliphatic rings. The summed E-state index contributed by atoms with van der Waals surface area (Å²) < 4.78 is 13.0. The quantitative estimate of drug-likeness (QED) is 0.414. The van der Waals surface area contributed by atoms with Crippen molar-refractivity contribution in [3.8, 4) is 17.0 Å². The molecule has 0 aromatic carbocycles. The smallest absolute Gasteiger partial charge is 0.228 e. The molecule has 1 aliphatic carbocycles. The molecular weight excluding hydrogens is 398 g/mol. The molecule has 31 heavy (non-hydrogen) atoms. The SMILES string of the molecule is COc1nc(N[C@H]2CC[C@@H](OCCO)CC2)nc2[nH]cc(-c3ccn4ncnc4c3)c12. The van der Waals surface area contributed by atoms with Gasteiger partial charge in [-0.15, -0.1) is 0 Å². The number of anilines is 1. The summed E-state index contributed by atoms with van der Waals surface area (Å²) in [5.74, 6) is 1.07. The Morgan fingerprint density at radius 2 is 2.13 bits per heavy atom. The predicted octanol–water partition coefficient (Wildman–Crippen LogP) is 2.41. The van der Waals surface area contributed by atoms with Gasteiger partial charge in [-0.2, -0.15) is 15.1 Å². The fourth-order valence-electron chi connectivity index (χ4n) is 4.20. The number of aliphatic hydroxyl groups excluding tert-OH is 1. The largest absolute Gasteiger partial charge is 0.480 e. The summed E-state index contributed by atoms with van der Waals surface area (Å²) in [5.41, 5.74) is 3.41. The molecule has 0 saturated heterocycles. The topological polar surface area (TPSA) is 122 Å². The molecule has 0 unspecified atom stereocenters. The van der Waals surface area contributed by atoms with Crippen molar-refractivity contribution < 1.29 is 14.6 Å². The average Bonchev–Trinajstić information content (AvgIpc) is 3.44. The molecule has 10 nitrogen and oxygen atoms in total. The third-order valence-corrected chi connectivity index (χ3v) is 5.74. The molecule has 162 valence electrons. The van der Waals surface area contributed by atoms with Crippen LogP contribution >= 0.6 is 0 Å². The van der Waals surface area contributed by atoms with Crippen LogP contribution in [0.15, 0.2) is 30.9 Å². The van der Waals surface area contributed by atoms with Gasteiger partial charge in [0, 0.05) is 24.0 Å². The summed E-state index contributed by atoms with van der Waals surface area (Å²) in [6.45, 7) is 0.468. The zero-order valence-electron chi connectivity index (χ0n) is 17.3. The number of aromatic nitrogens is 6. The number of aliphatic hydroxyl groups is 1. The molecule has 1 saturated carbocycles. The van der Waals surface area contributed by atoms with Crippen LogP contribution in [0.2, 0.25) is 0 Å². The van der Waals surface area contributed by atoms with E-state index in [4.69, 9.17) is 14.6 Å². The zero-order chi connectivity index (χ0) is 21.2. The number of aromatic amines is 1. The molecule has 4 aromatic heterocycles. The summed E-state index contributed by atoms with van der Waals surface area (Å²) >= 11 is 0. The second-order valence-electron chi connectivity index (χ2n) is 7.67. The minimum atomic E-state index is 0.0663. The monoisotopic (exact) mass is 423 g/mol. The Morgan fingerprint density at radius 1 is 1.26 bits per heavy atom. The molecule has 0 spiro atoms. The molecule has 0 aliphatic heterocycles. The van der Waals surface area contributed by atoms with Crippen LogP contribution in [0.5, 0.6) is 5.88 Å². The maximum absolute atomic E-state index is 8.92. The first-order valence-electron chi connectivity index (χ1n) is 10.5. The Hall–Kier alpha value is -3.24. The predicted molar refractivity (Wildman–Crippen MR) is 115 cm³/mol. The highest BCUT2D eigenvalue weighted by Gasteiger charge is 2.23. The standard InChI is InChI=1S/C21H25N7O3/c1-30-20-18-16(13-6-7-28-17(10-13)23-12-24-28)11-22-19(18)26-21(27-20)25-14-2-4-15(5-3-14)31-9-8-29/h6-7,10-12,14-15,29H,2-5,8-9H2,1H3,(H2,22,25,26,27)/t14-,15+. The van der Waals surface area contributed by atoms with Crippen molar-refractivity contribution in [2.75, 3.05) is 25.6 Å². The minimum Gasteiger partial charge on any atom is -0.480 e. The number of nitrogens with one attached hydrogen (secondary N) is 2. The van der Waals surface area contributed by atoms with Gasteiger partial charge in [0.1, 0.15) is 12.0 Å². The highest BCUT2D eigenvalue weighted by Crippen LogP contribution is 2.35. The van der Waals surface area contributed by atoms with E-state index in [1.807, 2.05) is 24.5 Å². The van der Waals surface area contributed by atoms with Crippen molar-refractivity contribution in [2.24, 2.45) is 0 Å². The van der Waals surface area contributed by atoms with Crippen LogP contribution < -0.4 is 10.1 Å². The molecular formula is C21H25N7O3. The highest BCUT2D eigenvalue weighted by molar-refractivity contribution is 5.98. The zero-order valence-corrected chi connectivity index (χ0v) is 17.3. The number of nitrogens with zero attached hydrogens (tertiary/aromatic N) is 5. The highest BCUT2D eigenvalue weighted by atomic mass is 16.5. The van der Waals surface area contributed by atoms with Gasteiger partial charge in [-0.1, -0.05) is 0 Å². The van der Waals surface area contributed by atoms with E-state index in [1.165, 1.54) is 6.33 Å². The molecule has 5 rings (SSSR count). The maximum Gasteiger partial charge on any atom is 0.228 e. The average molecular weight is 423 g/mol. The first-order chi connectivity index (χ1) is 15.2. The lowest BCUT2D eigenvalue weighted by atomic mass is 9.93. The van der Waals surface area contributed by atoms with Crippen LogP contribution in [0.4, 0.5) is 5.95 Å². The first kappa shape index (κ1) is 19.7. The van der Waals surface area contributed by atoms with Gasteiger partial charge in [0.25, 0.3) is 0 Å². The Labute approximate surface area is 178 Å². The Balaban J connectivity index is 1.38. The van der Waals surface area contributed by atoms with E-state index >= 15 is 0 Å². The van der Waals surface area contributed by atoms with Gasteiger partial charge in [-0.25, -0.2) is 9.50 Å². The normalized spacial score (nSPS) is 19.2. The number of hydrogen-bond donors (Lipinski definition) is 3. The van der Waals surface area contributed by atoms with Gasteiger partial charge in [0.2, 0.25) is 11.8 Å². The van der Waals surface area contributed by atoms with Crippen LogP contribution in [0.1, 0.15) is 25.7 Å². The van der Waals surface area contributed by atoms with E-state index in [0.717, 1.165) is 47.8 Å². The van der Waals surface area contributed by atoms with E-state index in [9.17, 15) is 0 Å². The molecule has 10 heteroatoms. The molecule has 4 aromatic rings. The fraction of sp³-hybridized carbons (Fsp3) is 0.429. The third kappa shape index (κ3) is 3.91. The molecule has 1 fully saturated rings. The van der Waals surface area contributed by atoms with Crippen LogP contribution in [0.3, 0.4) is 0 Å². The second kappa shape index (κ2) is 8.48. The number of rotatable bonds is 7. The van der Waals surface area contributed by atoms with Gasteiger partial charge in [-0.3, -0.25) is 0 Å². The number of ether oxygens (including phenoxy) is 2. The maximum atomic E-state index is 8.92. The van der Waals surface area contributed by atoms with Crippen molar-refractivity contribution in [1.82, 2.24) is 29.5 Å². The number of fused-ring (bicyclic) bond motifs is 2. The van der Waals surface area contributed by atoms with Gasteiger partial charge < -0.3 is 24.9 Å². The van der Waals surface area contributed by atoms with E-state index < -0.39 is 0 Å². The Kier molecular flexibility index (Phi) is 5.39. The summed E-state index contributed by atoms with van der Waals surface area (Å²) in [4.78, 5) is 16.8. The van der Waals surface area contributed by atoms with Gasteiger partial charge in [-0.05, 0) is 43.4 Å². The molecule has 0 amide bonds. The lowest BCUT2D eigenvalue weighted by Gasteiger charge is -2.29. The van der Waals surface area contributed by atoms with Crippen LogP contribution in [0, 0.1) is 0 Å². The molecule has 0 radical (unpaired) electrons. The molecule has 4 heterocycles. The van der Waals surface area contributed by atoms with Crippen molar-refractivity contribution in [3.63, 3.8) is 0 Å². The summed E-state index contributed by atoms with van der Waals surface area (Å²) in [7, 11) is 1.62. The van der Waals surface area contributed by atoms with Gasteiger partial charge >= 0.3 is 0 Å². The molecule has 3 N–H and O–H groups in total. The van der Waals surface area contributed by atoms with Gasteiger partial charge in [0.05, 0.1) is 31.8 Å². The number of H-pyrrole nitrogens is 1. The lowest BCUT2D eigenvalue weighted by molar-refractivity contribution is 0.00719. The van der Waals surface area contributed by atoms with Crippen molar-refractivity contribution in [3.05, 3.63) is 30.9 Å². The summed E-state index contributed by atoms with van der Waals surface area (Å²) in [5, 5.41) is 17.3. The third-order valence-electron chi connectivity index (χ3n) is 5.74. The fourth-order valence-corrected chi connectivity index (χ4v) is 4.20. The van der Waals surface area contributed by atoms with Crippen LogP contribution in [0.25, 0.3) is 27.8 Å². The van der Waals surface area contributed by atoms with E-state index in [-0.39, 0.29) is 18.8 Å². The molecule has 0 bridgehead atoms. The van der Waals surface area contributed by atoms with E-state index in [0.29, 0.717) is 24.1 Å². The van der Waals surface area contributed by atoms with E-state index in [2.05, 4.69) is 30.4 Å². The first-order valence-corrected chi connectivity index (χ1v) is 10.5. The summed E-state index contributed by atoms with van der Waals surface area (Å²) in [6, 6.07) is 4.23. The number of pyridine rings is 1. The lowest BCUT2D eigenvalue weighted by Crippen LogP contribution is -2.30. The van der Waals surface area contributed by atoms with E-state index in [1.54, 1.807) is 11.6 Å². The molecule has 0 atom stereocenters. The number of hydrogen-bond acceptors (Lipinski definition) is 8. The Morgan fingerprint density at radius 3 is 2.94 bits per heavy atom. The van der Waals surface area contributed by atoms with Crippen LogP contribution in [-0.4, -0.2) is 67.1 Å². The van der Waals surface area contributed by atoms with Crippen molar-refractivity contribution in [2.45, 2.75) is 37.8 Å². The van der Waals surface area contributed by atoms with Crippen LogP contribution in [-0.2, 0) is 4.74 Å². The second-order valence-corrected chi connectivity index (χ2v) is 7.67. The van der Waals surface area contributed by atoms with Crippen molar-refractivity contribution in [1.29, 1.82) is 0 Å². The van der Waals surface area contributed by atoms with Gasteiger partial charge in [0.15, 0.2) is 5.65 Å². The summed E-state index contributed by atoms with van der Waals surface area (Å²) in [6.07, 6.45) is 9.38. The number of methoxy groups -OCH3 is 1. The Bertz CT molecular complexity index is 1180. The minimum absolute atomic E-state index is 0.0663.